The number of halogens is 3. The first-order valence-corrected chi connectivity index (χ1v) is 9.94. The summed E-state index contributed by atoms with van der Waals surface area (Å²) in [5.41, 5.74) is 1.94. The maximum Gasteiger partial charge on any atom is 0.387 e. The predicted octanol–water partition coefficient (Wildman–Crippen LogP) is 4.39. The standard InChI is InChI=1S/C22H26F2N6O.HI/c1-4-25-22(29(3)15-17-5-8-19(9-6-17)31-21(23)24)28-14-18-7-10-20(27-13-18)30-12-11-26-16(30)2;/h5-13,21H,4,14-15H2,1-3H3,(H,25,28);1H. The Morgan fingerprint density at radius 1 is 1.16 bits per heavy atom. The van der Waals surface area contributed by atoms with Gasteiger partial charge in [-0.1, -0.05) is 18.2 Å². The third kappa shape index (κ3) is 7.14. The van der Waals surface area contributed by atoms with Gasteiger partial charge in [0.15, 0.2) is 5.96 Å². The van der Waals surface area contributed by atoms with Gasteiger partial charge in [-0.25, -0.2) is 15.0 Å². The molecule has 10 heteroatoms. The third-order valence-electron chi connectivity index (χ3n) is 4.56. The van der Waals surface area contributed by atoms with Crippen molar-refractivity contribution in [1.82, 2.24) is 24.8 Å². The lowest BCUT2D eigenvalue weighted by Gasteiger charge is -2.22. The number of nitrogens with zero attached hydrogens (tertiary/aromatic N) is 5. The van der Waals surface area contributed by atoms with Crippen molar-refractivity contribution in [2.75, 3.05) is 13.6 Å². The van der Waals surface area contributed by atoms with E-state index in [2.05, 4.69) is 20.0 Å². The van der Waals surface area contributed by atoms with Crippen LogP contribution in [0.3, 0.4) is 0 Å². The zero-order valence-corrected chi connectivity index (χ0v) is 20.5. The van der Waals surface area contributed by atoms with Gasteiger partial charge in [-0.15, -0.1) is 24.0 Å². The SMILES string of the molecule is CCNC(=NCc1ccc(-n2ccnc2C)nc1)N(C)Cc1ccc(OC(F)F)cc1.I. The fourth-order valence-corrected chi connectivity index (χ4v) is 3.03. The minimum atomic E-state index is -2.83. The molecule has 0 aliphatic carbocycles. The van der Waals surface area contributed by atoms with E-state index in [0.717, 1.165) is 35.3 Å². The van der Waals surface area contributed by atoms with Crippen molar-refractivity contribution in [2.24, 2.45) is 4.99 Å². The summed E-state index contributed by atoms with van der Waals surface area (Å²) >= 11 is 0. The molecule has 2 heterocycles. The lowest BCUT2D eigenvalue weighted by Crippen LogP contribution is -2.38. The molecule has 0 unspecified atom stereocenters. The molecule has 0 atom stereocenters. The van der Waals surface area contributed by atoms with Crippen molar-refractivity contribution in [2.45, 2.75) is 33.5 Å². The molecule has 1 aromatic carbocycles. The topological polar surface area (TPSA) is 67.6 Å². The van der Waals surface area contributed by atoms with Crippen LogP contribution in [0.1, 0.15) is 23.9 Å². The summed E-state index contributed by atoms with van der Waals surface area (Å²) in [5, 5.41) is 3.27. The molecular formula is C22H27F2IN6O. The van der Waals surface area contributed by atoms with Gasteiger partial charge in [-0.2, -0.15) is 8.78 Å². The zero-order valence-electron chi connectivity index (χ0n) is 18.2. The Kier molecular flexibility index (Phi) is 9.82. The minimum absolute atomic E-state index is 0. The Bertz CT molecular complexity index is 992. The van der Waals surface area contributed by atoms with Crippen molar-refractivity contribution in [3.63, 3.8) is 0 Å². The highest BCUT2D eigenvalue weighted by Gasteiger charge is 2.09. The van der Waals surface area contributed by atoms with Crippen molar-refractivity contribution in [3.8, 4) is 11.6 Å². The third-order valence-corrected chi connectivity index (χ3v) is 4.56. The molecule has 0 aliphatic rings. The first kappa shape index (κ1) is 25.5. The van der Waals surface area contributed by atoms with Gasteiger partial charge < -0.3 is 15.0 Å². The van der Waals surface area contributed by atoms with Crippen molar-refractivity contribution >= 4 is 29.9 Å². The monoisotopic (exact) mass is 556 g/mol. The number of pyridine rings is 1. The molecule has 0 fully saturated rings. The summed E-state index contributed by atoms with van der Waals surface area (Å²) in [7, 11) is 1.92. The van der Waals surface area contributed by atoms with Gasteiger partial charge in [0, 0.05) is 38.7 Å². The van der Waals surface area contributed by atoms with Crippen LogP contribution in [0.2, 0.25) is 0 Å². The Hall–Kier alpha value is -2.76. The van der Waals surface area contributed by atoms with Crippen LogP contribution < -0.4 is 10.1 Å². The van der Waals surface area contributed by atoms with E-state index < -0.39 is 6.61 Å². The molecule has 0 saturated carbocycles. The Morgan fingerprint density at radius 2 is 1.88 bits per heavy atom. The summed E-state index contributed by atoms with van der Waals surface area (Å²) in [5.74, 6) is 2.57. The molecule has 3 aromatic rings. The number of hydrogen-bond donors (Lipinski definition) is 1. The van der Waals surface area contributed by atoms with Gasteiger partial charge in [0.25, 0.3) is 0 Å². The van der Waals surface area contributed by atoms with Gasteiger partial charge in [0.1, 0.15) is 17.4 Å². The fraction of sp³-hybridized carbons (Fsp3) is 0.318. The second kappa shape index (κ2) is 12.3. The largest absolute Gasteiger partial charge is 0.435 e. The van der Waals surface area contributed by atoms with Gasteiger partial charge in [-0.3, -0.25) is 4.57 Å². The van der Waals surface area contributed by atoms with Gasteiger partial charge >= 0.3 is 6.61 Å². The van der Waals surface area contributed by atoms with Gasteiger partial charge in [0.05, 0.1) is 6.54 Å². The second-order valence-corrected chi connectivity index (χ2v) is 6.92. The van der Waals surface area contributed by atoms with Crippen LogP contribution in [0.5, 0.6) is 5.75 Å². The fourth-order valence-electron chi connectivity index (χ4n) is 3.03. The minimum Gasteiger partial charge on any atom is -0.435 e. The van der Waals surface area contributed by atoms with Gasteiger partial charge in [-0.05, 0) is 43.2 Å². The molecule has 3 rings (SSSR count). The van der Waals surface area contributed by atoms with Crippen LogP contribution in [0.4, 0.5) is 8.78 Å². The molecule has 172 valence electrons. The van der Waals surface area contributed by atoms with Crippen LogP contribution in [0.15, 0.2) is 60.0 Å². The normalized spacial score (nSPS) is 11.2. The lowest BCUT2D eigenvalue weighted by molar-refractivity contribution is -0.0498. The molecule has 0 bridgehead atoms. The van der Waals surface area contributed by atoms with E-state index in [-0.39, 0.29) is 29.7 Å². The molecule has 2 aromatic heterocycles. The number of rotatable bonds is 8. The number of aliphatic imine (C=N–C) groups is 1. The number of benzene rings is 1. The van der Waals surface area contributed by atoms with Crippen LogP contribution in [-0.2, 0) is 13.1 Å². The van der Waals surface area contributed by atoms with E-state index in [0.29, 0.717) is 13.1 Å². The summed E-state index contributed by atoms with van der Waals surface area (Å²) in [6.45, 7) is 2.87. The first-order chi connectivity index (χ1) is 15.0. The van der Waals surface area contributed by atoms with Crippen LogP contribution in [0, 0.1) is 6.92 Å². The maximum atomic E-state index is 12.3. The Morgan fingerprint density at radius 3 is 2.44 bits per heavy atom. The summed E-state index contributed by atoms with van der Waals surface area (Å²) in [4.78, 5) is 15.4. The first-order valence-electron chi connectivity index (χ1n) is 9.94. The second-order valence-electron chi connectivity index (χ2n) is 6.92. The summed E-state index contributed by atoms with van der Waals surface area (Å²) in [6.07, 6.45) is 5.43. The van der Waals surface area contributed by atoms with Crippen LogP contribution in [0.25, 0.3) is 5.82 Å². The molecule has 7 nitrogen and oxygen atoms in total. The number of nitrogens with one attached hydrogen (secondary N) is 1. The highest BCUT2D eigenvalue weighted by atomic mass is 127. The van der Waals surface area contributed by atoms with E-state index >= 15 is 0 Å². The van der Waals surface area contributed by atoms with Crippen molar-refractivity contribution in [3.05, 3.63) is 71.9 Å². The molecular weight excluding hydrogens is 529 g/mol. The van der Waals surface area contributed by atoms with E-state index in [9.17, 15) is 8.78 Å². The Balaban J connectivity index is 0.00000363. The van der Waals surface area contributed by atoms with E-state index in [1.165, 1.54) is 12.1 Å². The average molecular weight is 556 g/mol. The lowest BCUT2D eigenvalue weighted by atomic mass is 10.2. The maximum absolute atomic E-state index is 12.3. The van der Waals surface area contributed by atoms with Crippen molar-refractivity contribution < 1.29 is 13.5 Å². The number of aromatic nitrogens is 3. The Labute approximate surface area is 203 Å². The molecule has 32 heavy (non-hydrogen) atoms. The number of alkyl halides is 2. The van der Waals surface area contributed by atoms with E-state index in [1.54, 1.807) is 18.3 Å². The highest BCUT2D eigenvalue weighted by molar-refractivity contribution is 14.0. The summed E-state index contributed by atoms with van der Waals surface area (Å²) in [6, 6.07) is 10.5. The van der Waals surface area contributed by atoms with Crippen LogP contribution >= 0.6 is 24.0 Å². The molecule has 0 spiro atoms. The molecule has 0 aliphatic heterocycles. The zero-order chi connectivity index (χ0) is 22.2. The van der Waals surface area contributed by atoms with Crippen LogP contribution in [-0.4, -0.2) is 45.6 Å². The molecule has 0 saturated heterocycles. The van der Waals surface area contributed by atoms with E-state index in [4.69, 9.17) is 4.99 Å². The molecule has 0 radical (unpaired) electrons. The quantitative estimate of drug-likeness (QED) is 0.253. The number of aryl methyl sites for hydroxylation is 1. The molecule has 1 N–H and O–H groups in total. The van der Waals surface area contributed by atoms with Gasteiger partial charge in [0.2, 0.25) is 0 Å². The molecule has 0 amide bonds. The van der Waals surface area contributed by atoms with E-state index in [1.807, 2.05) is 54.9 Å². The number of ether oxygens (including phenoxy) is 1. The van der Waals surface area contributed by atoms with Crippen molar-refractivity contribution in [1.29, 1.82) is 0 Å². The smallest absolute Gasteiger partial charge is 0.387 e. The number of imidazole rings is 1. The summed E-state index contributed by atoms with van der Waals surface area (Å²) < 4.78 is 30.9. The number of hydrogen-bond acceptors (Lipinski definition) is 4. The predicted molar refractivity (Wildman–Crippen MR) is 131 cm³/mol. The number of guanidine groups is 1. The average Bonchev–Trinajstić information content (AvgIpc) is 3.18. The highest BCUT2D eigenvalue weighted by Crippen LogP contribution is 2.16.